The fraction of sp³-hybridized carbons (Fsp3) is 0.667. The Hall–Kier alpha value is -1.43. The highest BCUT2D eigenvalue weighted by molar-refractivity contribution is 5.82. The zero-order chi connectivity index (χ0) is 10.7. The SMILES string of the molecule is CC(NC(=O)[C@H]1CCCN1)c1ncn[nH]1. The van der Waals surface area contributed by atoms with Gasteiger partial charge in [-0.25, -0.2) is 4.98 Å². The molecule has 2 heterocycles. The standard InChI is InChI=1S/C9H15N5O/c1-6(8-11-5-12-14-8)13-9(15)7-3-2-4-10-7/h5-7,10H,2-4H2,1H3,(H,13,15)(H,11,12,14)/t6?,7-/m1/s1. The second kappa shape index (κ2) is 4.39. The second-order valence-electron chi connectivity index (χ2n) is 3.75. The van der Waals surface area contributed by atoms with Crippen molar-refractivity contribution in [2.24, 2.45) is 0 Å². The summed E-state index contributed by atoms with van der Waals surface area (Å²) in [6.45, 7) is 2.81. The molecule has 2 rings (SSSR count). The second-order valence-corrected chi connectivity index (χ2v) is 3.75. The van der Waals surface area contributed by atoms with Crippen molar-refractivity contribution in [3.8, 4) is 0 Å². The molecule has 6 nitrogen and oxygen atoms in total. The molecule has 6 heteroatoms. The molecule has 1 aromatic heterocycles. The van der Waals surface area contributed by atoms with Gasteiger partial charge in [0.1, 0.15) is 12.2 Å². The smallest absolute Gasteiger partial charge is 0.237 e. The minimum absolute atomic E-state index is 0.0383. The Bertz CT molecular complexity index is 317. The van der Waals surface area contributed by atoms with E-state index in [0.717, 1.165) is 19.4 Å². The van der Waals surface area contributed by atoms with Gasteiger partial charge < -0.3 is 10.6 Å². The van der Waals surface area contributed by atoms with Gasteiger partial charge >= 0.3 is 0 Å². The fourth-order valence-electron chi connectivity index (χ4n) is 1.71. The summed E-state index contributed by atoms with van der Waals surface area (Å²) >= 11 is 0. The number of hydrogen-bond acceptors (Lipinski definition) is 4. The predicted molar refractivity (Wildman–Crippen MR) is 54.0 cm³/mol. The van der Waals surface area contributed by atoms with Crippen molar-refractivity contribution in [1.82, 2.24) is 25.8 Å². The van der Waals surface area contributed by atoms with Gasteiger partial charge in [0.2, 0.25) is 5.91 Å². The number of amides is 1. The molecule has 0 aromatic carbocycles. The monoisotopic (exact) mass is 209 g/mol. The molecule has 82 valence electrons. The lowest BCUT2D eigenvalue weighted by atomic mass is 10.2. The van der Waals surface area contributed by atoms with E-state index in [-0.39, 0.29) is 18.0 Å². The number of aromatic nitrogens is 3. The first-order valence-electron chi connectivity index (χ1n) is 5.16. The highest BCUT2D eigenvalue weighted by Crippen LogP contribution is 2.08. The Morgan fingerprint density at radius 2 is 2.60 bits per heavy atom. The molecule has 0 saturated carbocycles. The van der Waals surface area contributed by atoms with Gasteiger partial charge in [0.15, 0.2) is 0 Å². The molecule has 1 amide bonds. The van der Waals surface area contributed by atoms with Crippen LogP contribution in [0.15, 0.2) is 6.33 Å². The lowest BCUT2D eigenvalue weighted by molar-refractivity contribution is -0.123. The van der Waals surface area contributed by atoms with Gasteiger partial charge in [0.05, 0.1) is 12.1 Å². The van der Waals surface area contributed by atoms with Gasteiger partial charge in [-0.3, -0.25) is 9.89 Å². The molecule has 1 aliphatic rings. The van der Waals surface area contributed by atoms with E-state index in [1.165, 1.54) is 6.33 Å². The first-order valence-corrected chi connectivity index (χ1v) is 5.16. The van der Waals surface area contributed by atoms with E-state index in [9.17, 15) is 4.79 Å². The summed E-state index contributed by atoms with van der Waals surface area (Å²) in [6.07, 6.45) is 3.41. The highest BCUT2D eigenvalue weighted by Gasteiger charge is 2.23. The van der Waals surface area contributed by atoms with Crippen molar-refractivity contribution in [2.45, 2.75) is 31.8 Å². The third-order valence-electron chi connectivity index (χ3n) is 2.58. The van der Waals surface area contributed by atoms with Crippen LogP contribution in [0.2, 0.25) is 0 Å². The maximum absolute atomic E-state index is 11.7. The average Bonchev–Trinajstić information content (AvgIpc) is 2.91. The Morgan fingerprint density at radius 1 is 1.73 bits per heavy atom. The topological polar surface area (TPSA) is 82.7 Å². The van der Waals surface area contributed by atoms with Gasteiger partial charge in [-0.1, -0.05) is 0 Å². The number of nitrogens with one attached hydrogen (secondary N) is 3. The molecule has 0 radical (unpaired) electrons. The van der Waals surface area contributed by atoms with Crippen molar-refractivity contribution in [1.29, 1.82) is 0 Å². The first-order chi connectivity index (χ1) is 7.27. The number of carbonyl (C=O) groups is 1. The summed E-state index contributed by atoms with van der Waals surface area (Å²) in [4.78, 5) is 15.7. The van der Waals surface area contributed by atoms with Crippen LogP contribution in [0, 0.1) is 0 Å². The van der Waals surface area contributed by atoms with Crippen molar-refractivity contribution < 1.29 is 4.79 Å². The third kappa shape index (κ3) is 2.33. The van der Waals surface area contributed by atoms with Crippen molar-refractivity contribution >= 4 is 5.91 Å². The molecule has 2 atom stereocenters. The quantitative estimate of drug-likeness (QED) is 0.640. The van der Waals surface area contributed by atoms with Crippen molar-refractivity contribution in [3.63, 3.8) is 0 Å². The van der Waals surface area contributed by atoms with Gasteiger partial charge in [-0.15, -0.1) is 0 Å². The Morgan fingerprint density at radius 3 is 3.20 bits per heavy atom. The van der Waals surface area contributed by atoms with Crippen LogP contribution in [0.3, 0.4) is 0 Å². The maximum atomic E-state index is 11.7. The number of aromatic amines is 1. The molecule has 3 N–H and O–H groups in total. The third-order valence-corrected chi connectivity index (χ3v) is 2.58. The van der Waals surface area contributed by atoms with Crippen molar-refractivity contribution in [3.05, 3.63) is 12.2 Å². The number of H-pyrrole nitrogens is 1. The van der Waals surface area contributed by atoms with Crippen LogP contribution in [0.1, 0.15) is 31.6 Å². The zero-order valence-corrected chi connectivity index (χ0v) is 8.66. The molecular weight excluding hydrogens is 194 g/mol. The van der Waals surface area contributed by atoms with E-state index in [4.69, 9.17) is 0 Å². The van der Waals surface area contributed by atoms with E-state index < -0.39 is 0 Å². The van der Waals surface area contributed by atoms with Crippen LogP contribution in [-0.4, -0.2) is 33.7 Å². The van der Waals surface area contributed by atoms with Crippen LogP contribution in [-0.2, 0) is 4.79 Å². The van der Waals surface area contributed by atoms with Crippen LogP contribution in [0.5, 0.6) is 0 Å². The van der Waals surface area contributed by atoms with Crippen LogP contribution in [0.25, 0.3) is 0 Å². The molecule has 0 aliphatic carbocycles. The summed E-state index contributed by atoms with van der Waals surface area (Å²) in [5.41, 5.74) is 0. The molecular formula is C9H15N5O. The minimum atomic E-state index is -0.123. The molecule has 0 bridgehead atoms. The average molecular weight is 209 g/mol. The molecule has 15 heavy (non-hydrogen) atoms. The Labute approximate surface area is 87.9 Å². The van der Waals surface area contributed by atoms with Gasteiger partial charge in [0, 0.05) is 0 Å². The Balaban J connectivity index is 1.88. The Kier molecular flexibility index (Phi) is 2.96. The summed E-state index contributed by atoms with van der Waals surface area (Å²) < 4.78 is 0. The molecule has 1 unspecified atom stereocenters. The maximum Gasteiger partial charge on any atom is 0.237 e. The van der Waals surface area contributed by atoms with E-state index in [1.54, 1.807) is 0 Å². The number of carbonyl (C=O) groups excluding carboxylic acids is 1. The van der Waals surface area contributed by atoms with E-state index in [1.807, 2.05) is 6.92 Å². The van der Waals surface area contributed by atoms with E-state index in [0.29, 0.717) is 5.82 Å². The fourth-order valence-corrected chi connectivity index (χ4v) is 1.71. The predicted octanol–water partition coefficient (Wildman–Crippen LogP) is -0.266. The normalized spacial score (nSPS) is 22.6. The highest BCUT2D eigenvalue weighted by atomic mass is 16.2. The van der Waals surface area contributed by atoms with Crippen LogP contribution < -0.4 is 10.6 Å². The first kappa shape index (κ1) is 10.1. The van der Waals surface area contributed by atoms with E-state index in [2.05, 4.69) is 25.8 Å². The lowest BCUT2D eigenvalue weighted by Crippen LogP contribution is -2.41. The summed E-state index contributed by atoms with van der Waals surface area (Å²) in [6, 6.07) is -0.169. The largest absolute Gasteiger partial charge is 0.345 e. The van der Waals surface area contributed by atoms with E-state index >= 15 is 0 Å². The van der Waals surface area contributed by atoms with Crippen LogP contribution in [0.4, 0.5) is 0 Å². The zero-order valence-electron chi connectivity index (χ0n) is 8.66. The number of rotatable bonds is 3. The number of hydrogen-bond donors (Lipinski definition) is 3. The molecule has 1 aliphatic heterocycles. The summed E-state index contributed by atoms with van der Waals surface area (Å²) in [5, 5.41) is 12.5. The van der Waals surface area contributed by atoms with Crippen LogP contribution >= 0.6 is 0 Å². The molecule has 1 aromatic rings. The van der Waals surface area contributed by atoms with Gasteiger partial charge in [0.25, 0.3) is 0 Å². The lowest BCUT2D eigenvalue weighted by Gasteiger charge is -2.15. The summed E-state index contributed by atoms with van der Waals surface area (Å²) in [7, 11) is 0. The van der Waals surface area contributed by atoms with Gasteiger partial charge in [-0.05, 0) is 26.3 Å². The molecule has 1 saturated heterocycles. The van der Waals surface area contributed by atoms with Gasteiger partial charge in [-0.2, -0.15) is 5.10 Å². The van der Waals surface area contributed by atoms with Crippen molar-refractivity contribution in [2.75, 3.05) is 6.54 Å². The summed E-state index contributed by atoms with van der Waals surface area (Å²) in [5.74, 6) is 0.720. The molecule has 0 spiro atoms. The minimum Gasteiger partial charge on any atom is -0.345 e. The molecule has 1 fully saturated rings. The number of nitrogens with zero attached hydrogens (tertiary/aromatic N) is 2.